The molecule has 1 spiro atoms. The van der Waals surface area contributed by atoms with Crippen LogP contribution < -0.4 is 9.80 Å². The Morgan fingerprint density at radius 1 is 0.260 bits per heavy atom. The van der Waals surface area contributed by atoms with E-state index in [1.807, 2.05) is 0 Å². The Morgan fingerprint density at radius 2 is 0.649 bits per heavy atom. The first-order chi connectivity index (χ1) is 37.6. The maximum atomic E-state index is 2.55. The molecule has 2 nitrogen and oxygen atoms in total. The van der Waals surface area contributed by atoms with E-state index in [0.29, 0.717) is 0 Å². The van der Waals surface area contributed by atoms with E-state index < -0.39 is 5.41 Å². The first-order valence-electron chi connectivity index (χ1n) is 27.4. The predicted octanol–water partition coefficient (Wildman–Crippen LogP) is 19.3. The summed E-state index contributed by atoms with van der Waals surface area (Å²) in [5, 5.41) is 7.55. The molecular formula is C75H56N2. The highest BCUT2D eigenvalue weighted by Gasteiger charge is 2.53. The molecule has 0 amide bonds. The minimum absolute atomic E-state index is 0.202. The van der Waals surface area contributed by atoms with Crippen molar-refractivity contribution in [3.05, 3.63) is 275 Å². The van der Waals surface area contributed by atoms with Crippen molar-refractivity contribution < 1.29 is 0 Å². The molecule has 2 aliphatic carbocycles. The average Bonchev–Trinajstić information content (AvgIpc) is 4.16. The van der Waals surface area contributed by atoms with Crippen molar-refractivity contribution >= 4 is 55.1 Å². The van der Waals surface area contributed by atoms with Gasteiger partial charge in [0.25, 0.3) is 0 Å². The Hall–Kier alpha value is -8.98. The van der Waals surface area contributed by atoms with Gasteiger partial charge in [-0.1, -0.05) is 240 Å². The molecule has 0 saturated carbocycles. The Balaban J connectivity index is 1.03. The molecule has 2 heteroatoms. The highest BCUT2D eigenvalue weighted by molar-refractivity contribution is 6.22. The number of benzene rings is 12. The molecule has 0 bridgehead atoms. The molecule has 4 aliphatic rings. The largest absolute Gasteiger partial charge is 0.344 e. The van der Waals surface area contributed by atoms with Crippen LogP contribution in [-0.4, -0.2) is 14.1 Å². The smallest absolute Gasteiger partial charge is 0.0725 e. The lowest BCUT2D eigenvalue weighted by Crippen LogP contribution is -2.31. The van der Waals surface area contributed by atoms with E-state index in [0.717, 1.165) is 0 Å². The van der Waals surface area contributed by atoms with Crippen LogP contribution in [0.5, 0.6) is 0 Å². The van der Waals surface area contributed by atoms with E-state index in [1.54, 1.807) is 0 Å². The molecule has 2 heterocycles. The number of hydrogen-bond donors (Lipinski definition) is 0. The topological polar surface area (TPSA) is 6.48 Å². The molecule has 0 radical (unpaired) electrons. The molecule has 77 heavy (non-hydrogen) atoms. The van der Waals surface area contributed by atoms with E-state index in [4.69, 9.17) is 0 Å². The lowest BCUT2D eigenvalue weighted by atomic mass is 9.70. The van der Waals surface area contributed by atoms with Gasteiger partial charge >= 0.3 is 0 Å². The monoisotopic (exact) mass is 984 g/mol. The van der Waals surface area contributed by atoms with Gasteiger partial charge in [-0.15, -0.1) is 0 Å². The lowest BCUT2D eigenvalue weighted by Gasteiger charge is -2.41. The third-order valence-electron chi connectivity index (χ3n) is 18.9. The molecule has 0 N–H and O–H groups in total. The molecule has 366 valence electrons. The van der Waals surface area contributed by atoms with E-state index in [2.05, 4.69) is 282 Å². The molecular weight excluding hydrogens is 929 g/mol. The summed E-state index contributed by atoms with van der Waals surface area (Å²) < 4.78 is 0. The summed E-state index contributed by atoms with van der Waals surface area (Å²) in [6, 6.07) is 88.2. The van der Waals surface area contributed by atoms with Gasteiger partial charge in [0, 0.05) is 47.4 Å². The zero-order chi connectivity index (χ0) is 51.7. The average molecular weight is 985 g/mol. The van der Waals surface area contributed by atoms with Crippen molar-refractivity contribution in [2.45, 2.75) is 43.9 Å². The first kappa shape index (κ1) is 44.3. The molecule has 0 aromatic heterocycles. The quantitative estimate of drug-likeness (QED) is 0.163. The summed E-state index contributed by atoms with van der Waals surface area (Å²) in [5.41, 5.74) is 27.6. The summed E-state index contributed by atoms with van der Waals surface area (Å²) in [6.07, 6.45) is 0. The van der Waals surface area contributed by atoms with Crippen LogP contribution in [0.3, 0.4) is 0 Å². The maximum Gasteiger partial charge on any atom is 0.0725 e. The van der Waals surface area contributed by atoms with Crippen molar-refractivity contribution in [2.75, 3.05) is 23.9 Å². The molecule has 16 rings (SSSR count). The molecule has 12 aromatic rings. The Morgan fingerprint density at radius 3 is 1.22 bits per heavy atom. The van der Waals surface area contributed by atoms with Gasteiger partial charge in [-0.25, -0.2) is 0 Å². The van der Waals surface area contributed by atoms with Crippen LogP contribution in [-0.2, 0) is 16.2 Å². The Kier molecular flexibility index (Phi) is 8.96. The highest BCUT2D eigenvalue weighted by Crippen LogP contribution is 2.66. The molecule has 12 aromatic carbocycles. The second kappa shape index (κ2) is 15.6. The van der Waals surface area contributed by atoms with Crippen LogP contribution in [0.1, 0.15) is 72.2 Å². The molecule has 2 aliphatic heterocycles. The normalized spacial score (nSPS) is 16.6. The summed E-state index contributed by atoms with van der Waals surface area (Å²) in [6.45, 7) is 9.57. The van der Waals surface area contributed by atoms with Gasteiger partial charge in [-0.3, -0.25) is 0 Å². The number of nitrogens with zero attached hydrogens (tertiary/aromatic N) is 2. The fraction of sp³-hybridized carbons (Fsp3) is 0.120. The summed E-state index contributed by atoms with van der Waals surface area (Å²) in [5.74, 6) is 0. The maximum absolute atomic E-state index is 2.55. The predicted molar refractivity (Wildman–Crippen MR) is 325 cm³/mol. The van der Waals surface area contributed by atoms with Crippen LogP contribution >= 0.6 is 0 Å². The number of rotatable bonds is 3. The minimum Gasteiger partial charge on any atom is -0.344 e. The summed E-state index contributed by atoms with van der Waals surface area (Å²) in [7, 11) is 4.52. The zero-order valence-corrected chi connectivity index (χ0v) is 44.3. The SMILES string of the molecule is CN1c2ccccc2C(C)(C)c2cccc(-c3cccc4c(-c5cccc6c5-c5ccccc5C65c6ccccc6-c6c5ccc5ccccc65)c5cccc(-c6cccc7c6N(C)c6ccccc6C7(C)C)c5cc34)c21. The van der Waals surface area contributed by atoms with Crippen molar-refractivity contribution in [1.82, 2.24) is 0 Å². The molecule has 1 atom stereocenters. The van der Waals surface area contributed by atoms with Gasteiger partial charge < -0.3 is 9.80 Å². The third-order valence-corrected chi connectivity index (χ3v) is 18.9. The fourth-order valence-electron chi connectivity index (χ4n) is 15.5. The Labute approximate surface area is 451 Å². The summed E-state index contributed by atoms with van der Waals surface area (Å²) in [4.78, 5) is 4.90. The highest BCUT2D eigenvalue weighted by atomic mass is 15.1. The number of anilines is 4. The van der Waals surface area contributed by atoms with Crippen molar-refractivity contribution in [2.24, 2.45) is 0 Å². The minimum atomic E-state index is -0.512. The van der Waals surface area contributed by atoms with Crippen molar-refractivity contribution in [3.8, 4) is 55.6 Å². The number of hydrogen-bond acceptors (Lipinski definition) is 2. The van der Waals surface area contributed by atoms with E-state index in [1.165, 1.54) is 155 Å². The fourth-order valence-corrected chi connectivity index (χ4v) is 15.5. The van der Waals surface area contributed by atoms with Crippen molar-refractivity contribution in [1.29, 1.82) is 0 Å². The first-order valence-corrected chi connectivity index (χ1v) is 27.4. The Bertz CT molecular complexity index is 4400. The van der Waals surface area contributed by atoms with E-state index in [9.17, 15) is 0 Å². The summed E-state index contributed by atoms with van der Waals surface area (Å²) >= 11 is 0. The molecule has 1 unspecified atom stereocenters. The number of fused-ring (bicyclic) bond motifs is 18. The third kappa shape index (κ3) is 5.60. The van der Waals surface area contributed by atoms with E-state index >= 15 is 0 Å². The van der Waals surface area contributed by atoms with Crippen molar-refractivity contribution in [3.63, 3.8) is 0 Å². The standard InChI is InChI=1S/C75H56N2/c1-73(2)60-35-13-15-40-66(60)76(5)71-51(30-19-38-64(71)73)47-26-17-28-49-56(47)44-57-48(52-31-20-39-65-72(52)77(6)67-41-16-14-36-61(67)74(65,3)4)27-18-29-50(57)68(49)55-32-21-37-62-70(55)54-25-10-12-34-59(54)75(62)58-33-11-9-24-53(58)69-46-23-8-7-22-45(46)42-43-63(69)75/h7-44H,1-6H3. The van der Waals surface area contributed by atoms with Crippen LogP contribution in [0.25, 0.3) is 88.0 Å². The van der Waals surface area contributed by atoms with Gasteiger partial charge in [0.1, 0.15) is 0 Å². The van der Waals surface area contributed by atoms with Crippen LogP contribution in [0, 0.1) is 0 Å². The van der Waals surface area contributed by atoms with Crippen LogP contribution in [0.4, 0.5) is 22.7 Å². The molecule has 0 saturated heterocycles. The van der Waals surface area contributed by atoms with Gasteiger partial charge in [-0.05, 0) is 140 Å². The zero-order valence-electron chi connectivity index (χ0n) is 44.3. The van der Waals surface area contributed by atoms with Gasteiger partial charge in [0.05, 0.1) is 16.8 Å². The van der Waals surface area contributed by atoms with Gasteiger partial charge in [-0.2, -0.15) is 0 Å². The van der Waals surface area contributed by atoms with Gasteiger partial charge in [0.2, 0.25) is 0 Å². The lowest BCUT2D eigenvalue weighted by molar-refractivity contribution is 0.630. The second-order valence-corrected chi connectivity index (χ2v) is 23.1. The van der Waals surface area contributed by atoms with Gasteiger partial charge in [0.15, 0.2) is 0 Å². The van der Waals surface area contributed by atoms with Crippen LogP contribution in [0.15, 0.2) is 231 Å². The van der Waals surface area contributed by atoms with Crippen LogP contribution in [0.2, 0.25) is 0 Å². The second-order valence-electron chi connectivity index (χ2n) is 23.1. The number of para-hydroxylation sites is 4. The molecule has 0 fully saturated rings. The van der Waals surface area contributed by atoms with E-state index in [-0.39, 0.29) is 10.8 Å².